The zero-order valence-corrected chi connectivity index (χ0v) is 12.4. The van der Waals surface area contributed by atoms with Gasteiger partial charge in [0.15, 0.2) is 0 Å². The number of nitrogen functional groups attached to an aromatic ring is 1. The average Bonchev–Trinajstić information content (AvgIpc) is 2.84. The standard InChI is InChI=1S/C15H21N3OS/c16-12-11(8-4-5-8)15(20-13(12)14(17)19)18-6-9-2-1-3-10(9)7-18/h8-10H,1-7,16H2,(H2,17,19). The fourth-order valence-corrected chi connectivity index (χ4v) is 5.21. The van der Waals surface area contributed by atoms with Crippen LogP contribution in [0, 0.1) is 11.8 Å². The fourth-order valence-electron chi connectivity index (χ4n) is 4.03. The third kappa shape index (κ3) is 1.83. The number of thiophene rings is 1. The molecule has 2 atom stereocenters. The number of primary amides is 1. The first-order valence-electron chi connectivity index (χ1n) is 7.62. The van der Waals surface area contributed by atoms with Crippen LogP contribution in [-0.4, -0.2) is 19.0 Å². The van der Waals surface area contributed by atoms with Gasteiger partial charge in [-0.3, -0.25) is 4.79 Å². The third-order valence-corrected chi connectivity index (χ3v) is 6.48. The van der Waals surface area contributed by atoms with Crippen LogP contribution in [0.3, 0.4) is 0 Å². The van der Waals surface area contributed by atoms with Gasteiger partial charge in [-0.25, -0.2) is 0 Å². The first-order chi connectivity index (χ1) is 9.65. The van der Waals surface area contributed by atoms with Crippen molar-refractivity contribution in [3.05, 3.63) is 10.4 Å². The van der Waals surface area contributed by atoms with E-state index in [1.165, 1.54) is 54.0 Å². The molecule has 0 radical (unpaired) electrons. The maximum Gasteiger partial charge on any atom is 0.260 e. The molecule has 4 rings (SSSR count). The second-order valence-electron chi connectivity index (χ2n) is 6.56. The van der Waals surface area contributed by atoms with Crippen LogP contribution in [0.4, 0.5) is 10.7 Å². The van der Waals surface area contributed by atoms with E-state index in [-0.39, 0.29) is 5.91 Å². The van der Waals surface area contributed by atoms with Crippen molar-refractivity contribution in [3.8, 4) is 0 Å². The second kappa shape index (κ2) is 4.38. The van der Waals surface area contributed by atoms with Gasteiger partial charge in [0.2, 0.25) is 0 Å². The zero-order valence-electron chi connectivity index (χ0n) is 11.6. The van der Waals surface area contributed by atoms with Crippen LogP contribution in [0.5, 0.6) is 0 Å². The molecule has 1 saturated heterocycles. The molecule has 2 saturated carbocycles. The van der Waals surface area contributed by atoms with E-state index in [2.05, 4.69) is 4.90 Å². The lowest BCUT2D eigenvalue weighted by Crippen LogP contribution is -2.20. The number of carbonyl (C=O) groups excluding carboxylic acids is 1. The van der Waals surface area contributed by atoms with Crippen LogP contribution in [0.2, 0.25) is 0 Å². The zero-order chi connectivity index (χ0) is 13.9. The number of hydrogen-bond donors (Lipinski definition) is 2. The van der Waals surface area contributed by atoms with Gasteiger partial charge in [-0.2, -0.15) is 0 Å². The lowest BCUT2D eigenvalue weighted by atomic mass is 10.0. The molecule has 0 aromatic carbocycles. The van der Waals surface area contributed by atoms with Crippen molar-refractivity contribution in [3.63, 3.8) is 0 Å². The van der Waals surface area contributed by atoms with Gasteiger partial charge >= 0.3 is 0 Å². The minimum Gasteiger partial charge on any atom is -0.397 e. The van der Waals surface area contributed by atoms with E-state index in [0.29, 0.717) is 16.5 Å². The van der Waals surface area contributed by atoms with Crippen molar-refractivity contribution in [1.29, 1.82) is 0 Å². The predicted molar refractivity (Wildman–Crippen MR) is 82.3 cm³/mol. The van der Waals surface area contributed by atoms with E-state index >= 15 is 0 Å². The number of anilines is 2. The van der Waals surface area contributed by atoms with Crippen molar-refractivity contribution >= 4 is 27.9 Å². The van der Waals surface area contributed by atoms with Crippen LogP contribution >= 0.6 is 11.3 Å². The highest BCUT2D eigenvalue weighted by Crippen LogP contribution is 2.53. The molecule has 2 aliphatic carbocycles. The molecule has 5 heteroatoms. The summed E-state index contributed by atoms with van der Waals surface area (Å²) >= 11 is 1.52. The molecular formula is C15H21N3OS. The van der Waals surface area contributed by atoms with Crippen LogP contribution < -0.4 is 16.4 Å². The molecule has 2 unspecified atom stereocenters. The molecule has 20 heavy (non-hydrogen) atoms. The summed E-state index contributed by atoms with van der Waals surface area (Å²) in [5.41, 5.74) is 13.6. The smallest absolute Gasteiger partial charge is 0.260 e. The highest BCUT2D eigenvalue weighted by molar-refractivity contribution is 7.18. The molecule has 3 fully saturated rings. The quantitative estimate of drug-likeness (QED) is 0.899. The van der Waals surface area contributed by atoms with E-state index in [4.69, 9.17) is 11.5 Å². The van der Waals surface area contributed by atoms with E-state index in [9.17, 15) is 4.79 Å². The van der Waals surface area contributed by atoms with Crippen molar-refractivity contribution in [2.75, 3.05) is 23.7 Å². The summed E-state index contributed by atoms with van der Waals surface area (Å²) in [5.74, 6) is 1.89. The Hall–Kier alpha value is -1.23. The van der Waals surface area contributed by atoms with E-state index in [0.717, 1.165) is 24.9 Å². The Bertz CT molecular complexity index is 552. The number of carbonyl (C=O) groups is 1. The van der Waals surface area contributed by atoms with Crippen molar-refractivity contribution in [1.82, 2.24) is 0 Å². The van der Waals surface area contributed by atoms with Crippen LogP contribution in [0.25, 0.3) is 0 Å². The van der Waals surface area contributed by atoms with Crippen molar-refractivity contribution in [2.24, 2.45) is 17.6 Å². The maximum absolute atomic E-state index is 11.6. The Kier molecular flexibility index (Phi) is 2.74. The largest absolute Gasteiger partial charge is 0.397 e. The topological polar surface area (TPSA) is 72.4 Å². The normalized spacial score (nSPS) is 28.9. The van der Waals surface area contributed by atoms with E-state index in [1.54, 1.807) is 0 Å². The van der Waals surface area contributed by atoms with Gasteiger partial charge in [-0.05, 0) is 43.4 Å². The molecule has 0 bridgehead atoms. The van der Waals surface area contributed by atoms with Gasteiger partial charge in [-0.1, -0.05) is 6.42 Å². The first kappa shape index (κ1) is 12.5. The monoisotopic (exact) mass is 291 g/mol. The second-order valence-corrected chi connectivity index (χ2v) is 7.56. The molecule has 3 aliphatic rings. The Morgan fingerprint density at radius 3 is 2.35 bits per heavy atom. The Labute approximate surface area is 123 Å². The molecule has 1 aromatic heterocycles. The molecule has 2 heterocycles. The van der Waals surface area contributed by atoms with E-state index < -0.39 is 0 Å². The Balaban J connectivity index is 1.70. The minimum absolute atomic E-state index is 0.375. The molecule has 4 nitrogen and oxygen atoms in total. The number of amides is 1. The molecular weight excluding hydrogens is 270 g/mol. The molecule has 0 spiro atoms. The SMILES string of the molecule is NC(=O)c1sc(N2CC3CCCC3C2)c(C2CC2)c1N. The van der Waals surface area contributed by atoms with Crippen LogP contribution in [-0.2, 0) is 0 Å². The Morgan fingerprint density at radius 2 is 1.80 bits per heavy atom. The molecule has 1 amide bonds. The van der Waals surface area contributed by atoms with Crippen molar-refractivity contribution < 1.29 is 4.79 Å². The Morgan fingerprint density at radius 1 is 1.15 bits per heavy atom. The maximum atomic E-state index is 11.6. The summed E-state index contributed by atoms with van der Waals surface area (Å²) in [5, 5.41) is 1.24. The van der Waals surface area contributed by atoms with Crippen molar-refractivity contribution in [2.45, 2.75) is 38.0 Å². The summed E-state index contributed by atoms with van der Waals surface area (Å²) < 4.78 is 0. The van der Waals surface area contributed by atoms with Gasteiger partial charge in [0, 0.05) is 18.7 Å². The van der Waals surface area contributed by atoms with E-state index in [1.807, 2.05) is 0 Å². The summed E-state index contributed by atoms with van der Waals surface area (Å²) in [6.07, 6.45) is 6.52. The van der Waals surface area contributed by atoms with Gasteiger partial charge in [0.1, 0.15) is 4.88 Å². The number of nitrogens with two attached hydrogens (primary N) is 2. The summed E-state index contributed by atoms with van der Waals surface area (Å²) in [6, 6.07) is 0. The predicted octanol–water partition coefficient (Wildman–Crippen LogP) is 2.54. The summed E-state index contributed by atoms with van der Waals surface area (Å²) in [6.45, 7) is 2.28. The average molecular weight is 291 g/mol. The molecule has 4 N–H and O–H groups in total. The number of rotatable bonds is 3. The number of fused-ring (bicyclic) bond motifs is 1. The van der Waals surface area contributed by atoms with Crippen LogP contribution in [0.1, 0.15) is 53.3 Å². The minimum atomic E-state index is -0.375. The third-order valence-electron chi connectivity index (χ3n) is 5.19. The van der Waals surface area contributed by atoms with Gasteiger partial charge in [0.25, 0.3) is 5.91 Å². The molecule has 1 aromatic rings. The van der Waals surface area contributed by atoms with Gasteiger partial charge < -0.3 is 16.4 Å². The molecule has 1 aliphatic heterocycles. The highest BCUT2D eigenvalue weighted by atomic mass is 32.1. The lowest BCUT2D eigenvalue weighted by molar-refractivity contribution is 0.100. The number of hydrogen-bond acceptors (Lipinski definition) is 4. The highest BCUT2D eigenvalue weighted by Gasteiger charge is 2.40. The number of nitrogens with zero attached hydrogens (tertiary/aromatic N) is 1. The van der Waals surface area contributed by atoms with Gasteiger partial charge in [-0.15, -0.1) is 11.3 Å². The first-order valence-corrected chi connectivity index (χ1v) is 8.43. The summed E-state index contributed by atoms with van der Waals surface area (Å²) in [4.78, 5) is 14.6. The lowest BCUT2D eigenvalue weighted by Gasteiger charge is -2.19. The summed E-state index contributed by atoms with van der Waals surface area (Å²) in [7, 11) is 0. The fraction of sp³-hybridized carbons (Fsp3) is 0.667. The van der Waals surface area contributed by atoms with Crippen LogP contribution in [0.15, 0.2) is 0 Å². The molecule has 108 valence electrons. The van der Waals surface area contributed by atoms with Gasteiger partial charge in [0.05, 0.1) is 10.7 Å².